The van der Waals surface area contributed by atoms with Gasteiger partial charge in [0, 0.05) is 12.2 Å². The predicted molar refractivity (Wildman–Crippen MR) is 87.1 cm³/mol. The number of nitrogens with one attached hydrogen (secondary N) is 1. The van der Waals surface area contributed by atoms with Crippen molar-refractivity contribution in [1.29, 1.82) is 0 Å². The Morgan fingerprint density at radius 1 is 1.10 bits per heavy atom. The molecule has 2 aromatic rings. The van der Waals surface area contributed by atoms with E-state index in [4.69, 9.17) is 4.74 Å². The number of phenols is 1. The molecule has 0 atom stereocenters. The Kier molecular flexibility index (Phi) is 4.41. The molecule has 0 saturated heterocycles. The van der Waals surface area contributed by atoms with Crippen LogP contribution in [-0.2, 0) is 12.0 Å². The SMILES string of the molecule is COc1ccc(CNc2ccccc2C(C)(C)C)cc1O. The minimum Gasteiger partial charge on any atom is -0.504 e. The quantitative estimate of drug-likeness (QED) is 0.879. The average molecular weight is 285 g/mol. The van der Waals surface area contributed by atoms with Gasteiger partial charge in [-0.2, -0.15) is 0 Å². The Bertz CT molecular complexity index is 615. The van der Waals surface area contributed by atoms with E-state index in [-0.39, 0.29) is 11.2 Å². The van der Waals surface area contributed by atoms with Crippen LogP contribution < -0.4 is 10.1 Å². The summed E-state index contributed by atoms with van der Waals surface area (Å²) < 4.78 is 5.06. The number of hydrogen-bond donors (Lipinski definition) is 2. The van der Waals surface area contributed by atoms with Crippen molar-refractivity contribution in [3.8, 4) is 11.5 Å². The number of benzene rings is 2. The number of para-hydroxylation sites is 1. The molecular formula is C18H23NO2. The maximum absolute atomic E-state index is 9.82. The maximum Gasteiger partial charge on any atom is 0.160 e. The van der Waals surface area contributed by atoms with Crippen LogP contribution in [-0.4, -0.2) is 12.2 Å². The number of rotatable bonds is 4. The van der Waals surface area contributed by atoms with E-state index in [1.165, 1.54) is 5.56 Å². The summed E-state index contributed by atoms with van der Waals surface area (Å²) in [7, 11) is 1.55. The van der Waals surface area contributed by atoms with Gasteiger partial charge in [-0.05, 0) is 34.7 Å². The van der Waals surface area contributed by atoms with Gasteiger partial charge in [0.2, 0.25) is 0 Å². The first-order valence-corrected chi connectivity index (χ1v) is 7.11. The van der Waals surface area contributed by atoms with E-state index in [0.717, 1.165) is 11.3 Å². The van der Waals surface area contributed by atoms with Gasteiger partial charge in [-0.25, -0.2) is 0 Å². The van der Waals surface area contributed by atoms with Crippen LogP contribution in [0.15, 0.2) is 42.5 Å². The summed E-state index contributed by atoms with van der Waals surface area (Å²) in [6.07, 6.45) is 0. The molecule has 2 N–H and O–H groups in total. The van der Waals surface area contributed by atoms with Crippen LogP contribution in [0.3, 0.4) is 0 Å². The summed E-state index contributed by atoms with van der Waals surface area (Å²) in [5.74, 6) is 0.662. The molecule has 0 amide bonds. The van der Waals surface area contributed by atoms with Crippen molar-refractivity contribution in [3.63, 3.8) is 0 Å². The maximum atomic E-state index is 9.82. The van der Waals surface area contributed by atoms with E-state index in [1.54, 1.807) is 19.2 Å². The molecule has 112 valence electrons. The number of hydrogen-bond acceptors (Lipinski definition) is 3. The molecule has 0 radical (unpaired) electrons. The Labute approximate surface area is 126 Å². The highest BCUT2D eigenvalue weighted by molar-refractivity contribution is 5.54. The van der Waals surface area contributed by atoms with Gasteiger partial charge in [0.1, 0.15) is 0 Å². The number of ether oxygens (including phenoxy) is 1. The highest BCUT2D eigenvalue weighted by Gasteiger charge is 2.17. The van der Waals surface area contributed by atoms with Crippen molar-refractivity contribution in [2.45, 2.75) is 32.7 Å². The zero-order chi connectivity index (χ0) is 15.5. The lowest BCUT2D eigenvalue weighted by atomic mass is 9.86. The first-order chi connectivity index (χ1) is 9.91. The van der Waals surface area contributed by atoms with Gasteiger partial charge in [-0.1, -0.05) is 45.0 Å². The Morgan fingerprint density at radius 3 is 2.43 bits per heavy atom. The Balaban J connectivity index is 2.15. The van der Waals surface area contributed by atoms with Crippen molar-refractivity contribution >= 4 is 5.69 Å². The smallest absolute Gasteiger partial charge is 0.160 e. The molecule has 0 spiro atoms. The number of anilines is 1. The highest BCUT2D eigenvalue weighted by Crippen LogP contribution is 2.30. The molecule has 21 heavy (non-hydrogen) atoms. The Hall–Kier alpha value is -2.16. The third kappa shape index (κ3) is 3.69. The van der Waals surface area contributed by atoms with E-state index in [9.17, 15) is 5.11 Å². The number of aromatic hydroxyl groups is 1. The molecule has 0 heterocycles. The molecule has 0 aliphatic carbocycles. The molecule has 0 saturated carbocycles. The lowest BCUT2D eigenvalue weighted by Gasteiger charge is -2.23. The number of methoxy groups -OCH3 is 1. The monoisotopic (exact) mass is 285 g/mol. The van der Waals surface area contributed by atoms with Crippen LogP contribution in [0.2, 0.25) is 0 Å². The zero-order valence-corrected chi connectivity index (χ0v) is 13.1. The molecular weight excluding hydrogens is 262 g/mol. The standard InChI is InChI=1S/C18H23NO2/c1-18(2,3)14-7-5-6-8-15(14)19-12-13-9-10-17(21-4)16(20)11-13/h5-11,19-20H,12H2,1-4H3. The van der Waals surface area contributed by atoms with E-state index in [2.05, 4.69) is 44.3 Å². The van der Waals surface area contributed by atoms with Crippen molar-refractivity contribution in [1.82, 2.24) is 0 Å². The lowest BCUT2D eigenvalue weighted by molar-refractivity contribution is 0.373. The number of phenolic OH excluding ortho intramolecular Hbond substituents is 1. The molecule has 0 unspecified atom stereocenters. The minimum atomic E-state index is 0.0889. The second-order valence-electron chi connectivity index (χ2n) is 6.16. The van der Waals surface area contributed by atoms with Gasteiger partial charge >= 0.3 is 0 Å². The summed E-state index contributed by atoms with van der Waals surface area (Å²) in [5, 5.41) is 13.3. The molecule has 0 aliphatic heterocycles. The van der Waals surface area contributed by atoms with Gasteiger partial charge in [-0.3, -0.25) is 0 Å². The Morgan fingerprint density at radius 2 is 1.81 bits per heavy atom. The van der Waals surface area contributed by atoms with Crippen molar-refractivity contribution in [2.24, 2.45) is 0 Å². The van der Waals surface area contributed by atoms with Gasteiger partial charge in [0.15, 0.2) is 11.5 Å². The van der Waals surface area contributed by atoms with Crippen LogP contribution in [0.4, 0.5) is 5.69 Å². The molecule has 0 fully saturated rings. The fraction of sp³-hybridized carbons (Fsp3) is 0.333. The van der Waals surface area contributed by atoms with Gasteiger partial charge in [-0.15, -0.1) is 0 Å². The van der Waals surface area contributed by atoms with Gasteiger partial charge in [0.05, 0.1) is 7.11 Å². The molecule has 3 heteroatoms. The fourth-order valence-corrected chi connectivity index (χ4v) is 2.33. The third-order valence-electron chi connectivity index (χ3n) is 3.46. The van der Waals surface area contributed by atoms with E-state index < -0.39 is 0 Å². The molecule has 0 bridgehead atoms. The second-order valence-corrected chi connectivity index (χ2v) is 6.16. The van der Waals surface area contributed by atoms with Crippen LogP contribution in [0.5, 0.6) is 11.5 Å². The zero-order valence-electron chi connectivity index (χ0n) is 13.1. The summed E-state index contributed by atoms with van der Waals surface area (Å²) in [4.78, 5) is 0. The van der Waals surface area contributed by atoms with Crippen molar-refractivity contribution in [3.05, 3.63) is 53.6 Å². The molecule has 2 rings (SSSR count). The average Bonchev–Trinajstić information content (AvgIpc) is 2.44. The van der Waals surface area contributed by atoms with E-state index in [0.29, 0.717) is 12.3 Å². The summed E-state index contributed by atoms with van der Waals surface area (Å²) in [6.45, 7) is 7.26. The molecule has 3 nitrogen and oxygen atoms in total. The largest absolute Gasteiger partial charge is 0.504 e. The predicted octanol–water partition coefficient (Wildman–Crippen LogP) is 4.31. The van der Waals surface area contributed by atoms with Crippen LogP contribution in [0, 0.1) is 0 Å². The summed E-state index contributed by atoms with van der Waals surface area (Å²) in [6, 6.07) is 13.8. The first-order valence-electron chi connectivity index (χ1n) is 7.11. The summed E-state index contributed by atoms with van der Waals surface area (Å²) >= 11 is 0. The lowest BCUT2D eigenvalue weighted by Crippen LogP contribution is -2.14. The van der Waals surface area contributed by atoms with Crippen LogP contribution in [0.25, 0.3) is 0 Å². The fourth-order valence-electron chi connectivity index (χ4n) is 2.33. The molecule has 2 aromatic carbocycles. The topological polar surface area (TPSA) is 41.5 Å². The highest BCUT2D eigenvalue weighted by atomic mass is 16.5. The van der Waals surface area contributed by atoms with Crippen molar-refractivity contribution < 1.29 is 9.84 Å². The van der Waals surface area contributed by atoms with Crippen LogP contribution in [0.1, 0.15) is 31.9 Å². The normalized spacial score (nSPS) is 11.2. The molecule has 0 aliphatic rings. The van der Waals surface area contributed by atoms with Crippen LogP contribution >= 0.6 is 0 Å². The minimum absolute atomic E-state index is 0.0889. The third-order valence-corrected chi connectivity index (χ3v) is 3.46. The van der Waals surface area contributed by atoms with E-state index in [1.807, 2.05) is 12.1 Å². The first kappa shape index (κ1) is 15.2. The second kappa shape index (κ2) is 6.08. The van der Waals surface area contributed by atoms with E-state index >= 15 is 0 Å². The van der Waals surface area contributed by atoms with Gasteiger partial charge in [0.25, 0.3) is 0 Å². The van der Waals surface area contributed by atoms with Crippen molar-refractivity contribution in [2.75, 3.05) is 12.4 Å². The van der Waals surface area contributed by atoms with Gasteiger partial charge < -0.3 is 15.2 Å². The molecule has 0 aromatic heterocycles. The summed E-state index contributed by atoms with van der Waals surface area (Å²) in [5.41, 5.74) is 3.51.